The Balaban J connectivity index is 1.95. The number of benzene rings is 1. The van der Waals surface area contributed by atoms with Crippen LogP contribution in [0.2, 0.25) is 0 Å². The van der Waals surface area contributed by atoms with Crippen molar-refractivity contribution in [1.29, 1.82) is 0 Å². The summed E-state index contributed by atoms with van der Waals surface area (Å²) in [6, 6.07) is 5.67. The predicted octanol–water partition coefficient (Wildman–Crippen LogP) is 1.99. The zero-order valence-electron chi connectivity index (χ0n) is 11.1. The van der Waals surface area contributed by atoms with Crippen molar-refractivity contribution in [3.8, 4) is 11.5 Å². The number of rotatable bonds is 4. The van der Waals surface area contributed by atoms with Crippen LogP contribution in [0.4, 0.5) is 5.69 Å². The van der Waals surface area contributed by atoms with Gasteiger partial charge in [0, 0.05) is 23.9 Å². The zero-order valence-corrected chi connectivity index (χ0v) is 11.1. The van der Waals surface area contributed by atoms with E-state index in [0.717, 1.165) is 17.2 Å². The number of nitrogens with one attached hydrogen (secondary N) is 1. The molecule has 0 saturated carbocycles. The molecule has 0 bridgehead atoms. The fraction of sp³-hybridized carbons (Fsp3) is 0.357. The highest BCUT2D eigenvalue weighted by Gasteiger charge is 2.11. The van der Waals surface area contributed by atoms with Crippen molar-refractivity contribution >= 4 is 11.7 Å². The number of anilines is 1. The molecule has 0 unspecified atom stereocenters. The Morgan fingerprint density at radius 2 is 2.11 bits per heavy atom. The highest BCUT2D eigenvalue weighted by atomic mass is 16.6. The number of ether oxygens (including phenoxy) is 3. The van der Waals surface area contributed by atoms with Gasteiger partial charge in [-0.2, -0.15) is 0 Å². The molecule has 0 fully saturated rings. The van der Waals surface area contributed by atoms with Crippen LogP contribution >= 0.6 is 0 Å². The van der Waals surface area contributed by atoms with E-state index in [9.17, 15) is 4.79 Å². The number of fused-ring (bicyclic) bond motifs is 1. The van der Waals surface area contributed by atoms with Gasteiger partial charge in [0.1, 0.15) is 13.2 Å². The van der Waals surface area contributed by atoms with Gasteiger partial charge in [0.05, 0.1) is 7.11 Å². The van der Waals surface area contributed by atoms with Crippen LogP contribution in [0.3, 0.4) is 0 Å². The number of hydrogen-bond acceptors (Lipinski definition) is 5. The third-order valence-corrected chi connectivity index (χ3v) is 2.76. The molecule has 1 aliphatic rings. The van der Waals surface area contributed by atoms with E-state index in [4.69, 9.17) is 9.47 Å². The van der Waals surface area contributed by atoms with Gasteiger partial charge < -0.3 is 19.5 Å². The number of carbonyl (C=O) groups is 1. The Labute approximate surface area is 112 Å². The smallest absolute Gasteiger partial charge is 0.333 e. The Morgan fingerprint density at radius 3 is 2.84 bits per heavy atom. The Hall–Kier alpha value is -2.17. The summed E-state index contributed by atoms with van der Waals surface area (Å²) in [6.07, 6.45) is 1.78. The average Bonchev–Trinajstić information content (AvgIpc) is 2.46. The topological polar surface area (TPSA) is 56.8 Å². The maximum Gasteiger partial charge on any atom is 0.333 e. The van der Waals surface area contributed by atoms with Gasteiger partial charge in [-0.1, -0.05) is 6.08 Å². The van der Waals surface area contributed by atoms with E-state index in [0.29, 0.717) is 25.3 Å². The second-order valence-corrected chi connectivity index (χ2v) is 4.12. The lowest BCUT2D eigenvalue weighted by molar-refractivity contribution is -0.136. The molecule has 1 heterocycles. The summed E-state index contributed by atoms with van der Waals surface area (Å²) in [5, 5.41) is 3.18. The first-order valence-corrected chi connectivity index (χ1v) is 6.09. The predicted molar refractivity (Wildman–Crippen MR) is 71.7 cm³/mol. The molecule has 1 aromatic carbocycles. The van der Waals surface area contributed by atoms with E-state index in [1.165, 1.54) is 7.11 Å². The van der Waals surface area contributed by atoms with Crippen LogP contribution in [0, 0.1) is 0 Å². The molecule has 5 nitrogen and oxygen atoms in total. The van der Waals surface area contributed by atoms with Gasteiger partial charge in [0.25, 0.3) is 0 Å². The van der Waals surface area contributed by atoms with Crippen LogP contribution in [0.5, 0.6) is 11.5 Å². The molecule has 0 saturated heterocycles. The second-order valence-electron chi connectivity index (χ2n) is 4.12. The van der Waals surface area contributed by atoms with E-state index in [-0.39, 0.29) is 5.97 Å². The molecule has 1 aliphatic heterocycles. The van der Waals surface area contributed by atoms with E-state index in [1.54, 1.807) is 13.0 Å². The first-order chi connectivity index (χ1) is 9.20. The lowest BCUT2D eigenvalue weighted by Crippen LogP contribution is -2.15. The number of hydrogen-bond donors (Lipinski definition) is 1. The fourth-order valence-corrected chi connectivity index (χ4v) is 1.72. The first-order valence-electron chi connectivity index (χ1n) is 6.09. The monoisotopic (exact) mass is 263 g/mol. The van der Waals surface area contributed by atoms with Crippen molar-refractivity contribution in [2.24, 2.45) is 0 Å². The summed E-state index contributed by atoms with van der Waals surface area (Å²) < 4.78 is 15.6. The van der Waals surface area contributed by atoms with Crippen LogP contribution in [-0.2, 0) is 9.53 Å². The molecule has 1 aromatic rings. The van der Waals surface area contributed by atoms with Crippen molar-refractivity contribution in [2.45, 2.75) is 6.92 Å². The van der Waals surface area contributed by atoms with Gasteiger partial charge in [-0.15, -0.1) is 0 Å². The van der Waals surface area contributed by atoms with Crippen LogP contribution < -0.4 is 14.8 Å². The Morgan fingerprint density at radius 1 is 1.37 bits per heavy atom. The summed E-state index contributed by atoms with van der Waals surface area (Å²) in [5.41, 5.74) is 1.49. The highest BCUT2D eigenvalue weighted by Crippen LogP contribution is 2.32. The minimum atomic E-state index is -0.316. The van der Waals surface area contributed by atoms with Crippen LogP contribution in [0.25, 0.3) is 0 Å². The zero-order chi connectivity index (χ0) is 13.7. The standard InChI is InChI=1S/C14H17NO4/c1-10(14(16)17-2)5-6-15-11-3-4-12-13(9-11)19-8-7-18-12/h3-5,9,15H,6-8H2,1-2H3/b10-5+. The number of carbonyl (C=O) groups excluding carboxylic acids is 1. The Bertz CT molecular complexity index is 496. The molecule has 2 rings (SSSR count). The maximum atomic E-state index is 11.2. The third kappa shape index (κ3) is 3.40. The second kappa shape index (κ2) is 6.13. The van der Waals surface area contributed by atoms with Gasteiger partial charge in [-0.25, -0.2) is 4.79 Å². The molecule has 0 aliphatic carbocycles. The largest absolute Gasteiger partial charge is 0.486 e. The molecular weight excluding hydrogens is 246 g/mol. The molecule has 0 amide bonds. The molecule has 102 valence electrons. The van der Waals surface area contributed by atoms with Crippen molar-refractivity contribution in [3.05, 3.63) is 29.8 Å². The quantitative estimate of drug-likeness (QED) is 0.665. The molecule has 0 atom stereocenters. The van der Waals surface area contributed by atoms with E-state index in [2.05, 4.69) is 10.1 Å². The van der Waals surface area contributed by atoms with Crippen molar-refractivity contribution in [1.82, 2.24) is 0 Å². The molecule has 5 heteroatoms. The molecular formula is C14H17NO4. The van der Waals surface area contributed by atoms with Gasteiger partial charge in [-0.05, 0) is 19.1 Å². The molecule has 0 radical (unpaired) electrons. The van der Waals surface area contributed by atoms with Crippen LogP contribution in [-0.4, -0.2) is 32.8 Å². The van der Waals surface area contributed by atoms with Gasteiger partial charge in [0.15, 0.2) is 11.5 Å². The molecule has 1 N–H and O–H groups in total. The normalized spacial score (nSPS) is 13.9. The van der Waals surface area contributed by atoms with Crippen LogP contribution in [0.1, 0.15) is 6.92 Å². The molecule has 0 spiro atoms. The first kappa shape index (κ1) is 13.3. The van der Waals surface area contributed by atoms with Gasteiger partial charge in [-0.3, -0.25) is 0 Å². The SMILES string of the molecule is COC(=O)/C(C)=C/CNc1ccc2c(c1)OCCO2. The summed E-state index contributed by atoms with van der Waals surface area (Å²) in [7, 11) is 1.37. The van der Waals surface area contributed by atoms with Crippen molar-refractivity contribution in [2.75, 3.05) is 32.2 Å². The van der Waals surface area contributed by atoms with E-state index < -0.39 is 0 Å². The summed E-state index contributed by atoms with van der Waals surface area (Å²) >= 11 is 0. The minimum Gasteiger partial charge on any atom is -0.486 e. The highest BCUT2D eigenvalue weighted by molar-refractivity contribution is 5.87. The third-order valence-electron chi connectivity index (χ3n) is 2.76. The van der Waals surface area contributed by atoms with E-state index >= 15 is 0 Å². The number of esters is 1. The van der Waals surface area contributed by atoms with Crippen molar-refractivity contribution < 1.29 is 19.0 Å². The lowest BCUT2D eigenvalue weighted by atomic mass is 10.2. The van der Waals surface area contributed by atoms with E-state index in [1.807, 2.05) is 18.2 Å². The van der Waals surface area contributed by atoms with Gasteiger partial charge in [0.2, 0.25) is 0 Å². The maximum absolute atomic E-state index is 11.2. The van der Waals surface area contributed by atoms with Gasteiger partial charge >= 0.3 is 5.97 Å². The fourth-order valence-electron chi connectivity index (χ4n) is 1.72. The van der Waals surface area contributed by atoms with Crippen molar-refractivity contribution in [3.63, 3.8) is 0 Å². The average molecular weight is 263 g/mol. The summed E-state index contributed by atoms with van der Waals surface area (Å²) in [6.45, 7) is 3.41. The summed E-state index contributed by atoms with van der Waals surface area (Å²) in [5.74, 6) is 1.19. The summed E-state index contributed by atoms with van der Waals surface area (Å²) in [4.78, 5) is 11.2. The Kier molecular flexibility index (Phi) is 4.28. The minimum absolute atomic E-state index is 0.316. The molecule has 0 aromatic heterocycles. The number of methoxy groups -OCH3 is 1. The molecule has 19 heavy (non-hydrogen) atoms. The van der Waals surface area contributed by atoms with Crippen LogP contribution in [0.15, 0.2) is 29.8 Å². The lowest BCUT2D eigenvalue weighted by Gasteiger charge is -2.19.